The van der Waals surface area contributed by atoms with Crippen LogP contribution in [0.4, 0.5) is 0 Å². The van der Waals surface area contributed by atoms with E-state index in [-0.39, 0.29) is 12.2 Å². The molecule has 0 fully saturated rings. The van der Waals surface area contributed by atoms with E-state index in [1.165, 1.54) is 0 Å². The molecular formula is C20H20N2O4. The maximum Gasteiger partial charge on any atom is 0.344 e. The van der Waals surface area contributed by atoms with Crippen LogP contribution in [0.25, 0.3) is 22.1 Å². The number of hydrogen-bond donors (Lipinski definition) is 2. The van der Waals surface area contributed by atoms with Gasteiger partial charge in [0.05, 0.1) is 5.56 Å². The van der Waals surface area contributed by atoms with Gasteiger partial charge < -0.3 is 9.15 Å². The third-order valence-corrected chi connectivity index (χ3v) is 4.08. The average Bonchev–Trinajstić information content (AvgIpc) is 2.66. The number of carbonyl (C=O) groups is 1. The zero-order valence-corrected chi connectivity index (χ0v) is 14.5. The molecule has 0 spiro atoms. The van der Waals surface area contributed by atoms with Gasteiger partial charge in [0.25, 0.3) is 5.91 Å². The fraction of sp³-hybridized carbons (Fsp3) is 0.200. The van der Waals surface area contributed by atoms with E-state index in [4.69, 9.17) is 15.0 Å². The van der Waals surface area contributed by atoms with E-state index in [2.05, 4.69) is 6.92 Å². The van der Waals surface area contributed by atoms with Crippen LogP contribution < -0.4 is 21.6 Å². The van der Waals surface area contributed by atoms with Crippen LogP contribution in [0.3, 0.4) is 0 Å². The topological polar surface area (TPSA) is 94.6 Å². The van der Waals surface area contributed by atoms with E-state index in [0.29, 0.717) is 16.9 Å². The Morgan fingerprint density at radius 1 is 1.19 bits per heavy atom. The Labute approximate surface area is 150 Å². The first-order valence-corrected chi connectivity index (χ1v) is 8.41. The number of hydrogen-bond acceptors (Lipinski definition) is 5. The number of fused-ring (bicyclic) bond motifs is 1. The Balaban J connectivity index is 2.11. The lowest BCUT2D eigenvalue weighted by Gasteiger charge is -2.12. The minimum atomic E-state index is -0.447. The van der Waals surface area contributed by atoms with Crippen LogP contribution in [0, 0.1) is 0 Å². The van der Waals surface area contributed by atoms with Crippen LogP contribution >= 0.6 is 0 Å². The number of nitrogens with one attached hydrogen (secondary N) is 1. The molecule has 3 aromatic rings. The number of nitrogens with two attached hydrogens (primary N) is 1. The van der Waals surface area contributed by atoms with Crippen LogP contribution in [0.2, 0.25) is 0 Å². The highest BCUT2D eigenvalue weighted by atomic mass is 16.5. The molecule has 0 atom stereocenters. The van der Waals surface area contributed by atoms with Gasteiger partial charge in [-0.05, 0) is 29.7 Å². The number of carbonyl (C=O) groups excluding carboxylic acids is 1. The lowest BCUT2D eigenvalue weighted by Crippen LogP contribution is -2.34. The van der Waals surface area contributed by atoms with Crippen LogP contribution in [0.5, 0.6) is 5.75 Å². The van der Waals surface area contributed by atoms with E-state index in [0.717, 1.165) is 29.4 Å². The quantitative estimate of drug-likeness (QED) is 0.308. The maximum atomic E-state index is 12.7. The molecule has 0 aliphatic carbocycles. The van der Waals surface area contributed by atoms with Crippen LogP contribution in [0.1, 0.15) is 18.9 Å². The molecule has 6 heteroatoms. The summed E-state index contributed by atoms with van der Waals surface area (Å²) in [5.41, 5.74) is 4.43. The van der Waals surface area contributed by atoms with Crippen molar-refractivity contribution in [3.63, 3.8) is 0 Å². The Kier molecular flexibility index (Phi) is 5.34. The molecule has 0 saturated carbocycles. The van der Waals surface area contributed by atoms with Crippen molar-refractivity contribution in [3.05, 3.63) is 64.5 Å². The number of ether oxygens (including phenoxy) is 1. The first-order valence-electron chi connectivity index (χ1n) is 8.41. The van der Waals surface area contributed by atoms with Gasteiger partial charge in [-0.1, -0.05) is 43.7 Å². The number of rotatable bonds is 6. The number of amides is 1. The van der Waals surface area contributed by atoms with Crippen molar-refractivity contribution in [2.75, 3.05) is 6.61 Å². The molecule has 1 heterocycles. The van der Waals surface area contributed by atoms with Gasteiger partial charge in [0.15, 0.2) is 6.61 Å². The van der Waals surface area contributed by atoms with Crippen LogP contribution in [0.15, 0.2) is 57.7 Å². The summed E-state index contributed by atoms with van der Waals surface area (Å²) in [6.07, 6.45) is 1.65. The SMILES string of the molecule is CCCc1c(-c2ccccc2)c(=O)oc2cc(OCC(=O)NN)ccc12. The monoisotopic (exact) mass is 352 g/mol. The molecule has 0 bridgehead atoms. The first-order chi connectivity index (χ1) is 12.6. The molecule has 0 radical (unpaired) electrons. The van der Waals surface area contributed by atoms with Crippen molar-refractivity contribution in [2.45, 2.75) is 19.8 Å². The summed E-state index contributed by atoms with van der Waals surface area (Å²) >= 11 is 0. The third kappa shape index (κ3) is 3.60. The predicted octanol–water partition coefficient (Wildman–Crippen LogP) is 2.78. The minimum Gasteiger partial charge on any atom is -0.484 e. The van der Waals surface area contributed by atoms with Crippen molar-refractivity contribution in [1.82, 2.24) is 5.43 Å². The summed E-state index contributed by atoms with van der Waals surface area (Å²) in [6, 6.07) is 14.7. The fourth-order valence-corrected chi connectivity index (χ4v) is 2.93. The Hall–Kier alpha value is -3.12. The lowest BCUT2D eigenvalue weighted by molar-refractivity contribution is -0.123. The summed E-state index contributed by atoms with van der Waals surface area (Å²) < 4.78 is 10.9. The Bertz CT molecular complexity index is 980. The second-order valence-electron chi connectivity index (χ2n) is 5.87. The molecule has 6 nitrogen and oxygen atoms in total. The van der Waals surface area contributed by atoms with E-state index in [1.807, 2.05) is 41.8 Å². The number of aryl methyl sites for hydroxylation is 1. The van der Waals surface area contributed by atoms with Crippen molar-refractivity contribution in [3.8, 4) is 16.9 Å². The van der Waals surface area contributed by atoms with Crippen molar-refractivity contribution >= 4 is 16.9 Å². The van der Waals surface area contributed by atoms with Crippen molar-refractivity contribution in [1.29, 1.82) is 0 Å². The van der Waals surface area contributed by atoms with E-state index in [1.54, 1.807) is 12.1 Å². The summed E-state index contributed by atoms with van der Waals surface area (Å²) in [5, 5.41) is 0.862. The van der Waals surface area contributed by atoms with E-state index >= 15 is 0 Å². The number of hydrazine groups is 1. The van der Waals surface area contributed by atoms with E-state index < -0.39 is 5.91 Å². The van der Waals surface area contributed by atoms with Crippen LogP contribution in [-0.4, -0.2) is 12.5 Å². The predicted molar refractivity (Wildman–Crippen MR) is 99.7 cm³/mol. The summed E-state index contributed by atoms with van der Waals surface area (Å²) in [7, 11) is 0. The highest BCUT2D eigenvalue weighted by molar-refractivity contribution is 5.88. The standard InChI is InChI=1S/C20H20N2O4/c1-2-6-16-15-10-9-14(25-12-18(23)22-21)11-17(15)26-20(24)19(16)13-7-4-3-5-8-13/h3-5,7-11H,2,6,12,21H2,1H3,(H,22,23). The molecule has 3 rings (SSSR count). The normalized spacial score (nSPS) is 10.7. The van der Waals surface area contributed by atoms with Gasteiger partial charge in [0, 0.05) is 11.5 Å². The third-order valence-electron chi connectivity index (χ3n) is 4.08. The molecule has 3 N–H and O–H groups in total. The summed E-state index contributed by atoms with van der Waals surface area (Å²) in [5.74, 6) is 5.02. The average molecular weight is 352 g/mol. The van der Waals surface area contributed by atoms with E-state index in [9.17, 15) is 9.59 Å². The molecular weight excluding hydrogens is 332 g/mol. The zero-order chi connectivity index (χ0) is 18.5. The second-order valence-corrected chi connectivity index (χ2v) is 5.87. The zero-order valence-electron chi connectivity index (χ0n) is 14.5. The van der Waals surface area contributed by atoms with Crippen LogP contribution in [-0.2, 0) is 11.2 Å². The molecule has 0 aliphatic heterocycles. The molecule has 26 heavy (non-hydrogen) atoms. The van der Waals surface area contributed by atoms with Crippen molar-refractivity contribution in [2.24, 2.45) is 5.84 Å². The highest BCUT2D eigenvalue weighted by Gasteiger charge is 2.16. The van der Waals surface area contributed by atoms with Gasteiger partial charge in [-0.25, -0.2) is 10.6 Å². The number of benzene rings is 2. The van der Waals surface area contributed by atoms with Crippen molar-refractivity contribution < 1.29 is 13.9 Å². The molecule has 2 aromatic carbocycles. The molecule has 1 aromatic heterocycles. The summed E-state index contributed by atoms with van der Waals surface area (Å²) in [6.45, 7) is 1.86. The summed E-state index contributed by atoms with van der Waals surface area (Å²) in [4.78, 5) is 23.9. The second kappa shape index (κ2) is 7.84. The molecule has 0 aliphatic rings. The highest BCUT2D eigenvalue weighted by Crippen LogP contribution is 2.30. The molecule has 1 amide bonds. The van der Waals surface area contributed by atoms with Gasteiger partial charge in [0.1, 0.15) is 11.3 Å². The lowest BCUT2D eigenvalue weighted by atomic mass is 9.95. The largest absolute Gasteiger partial charge is 0.484 e. The van der Waals surface area contributed by atoms with Gasteiger partial charge in [-0.2, -0.15) is 0 Å². The first kappa shape index (κ1) is 17.7. The van der Waals surface area contributed by atoms with Gasteiger partial charge in [-0.15, -0.1) is 0 Å². The molecule has 0 saturated heterocycles. The van der Waals surface area contributed by atoms with Gasteiger partial charge in [0.2, 0.25) is 0 Å². The van der Waals surface area contributed by atoms with Gasteiger partial charge >= 0.3 is 5.63 Å². The Morgan fingerprint density at radius 3 is 2.65 bits per heavy atom. The fourth-order valence-electron chi connectivity index (χ4n) is 2.93. The smallest absolute Gasteiger partial charge is 0.344 e. The Morgan fingerprint density at radius 2 is 1.96 bits per heavy atom. The van der Waals surface area contributed by atoms with Gasteiger partial charge in [-0.3, -0.25) is 10.2 Å². The molecule has 134 valence electrons. The molecule has 0 unspecified atom stereocenters. The minimum absolute atomic E-state index is 0.212. The maximum absolute atomic E-state index is 12.7.